The zero-order valence-corrected chi connectivity index (χ0v) is 10.00. The lowest BCUT2D eigenvalue weighted by Crippen LogP contribution is -2.44. The van der Waals surface area contributed by atoms with Crippen molar-refractivity contribution in [3.63, 3.8) is 0 Å². The zero-order valence-electron chi connectivity index (χ0n) is 9.18. The van der Waals surface area contributed by atoms with E-state index in [1.807, 2.05) is 24.0 Å². The molecular weight excluding hydrogens is 206 g/mol. The third kappa shape index (κ3) is 2.20. The van der Waals surface area contributed by atoms with E-state index in [0.29, 0.717) is 17.1 Å². The second-order valence-corrected chi connectivity index (χ2v) is 5.44. The average molecular weight is 223 g/mol. The lowest BCUT2D eigenvalue weighted by atomic mass is 10.2. The van der Waals surface area contributed by atoms with Crippen LogP contribution in [-0.4, -0.2) is 28.6 Å². The van der Waals surface area contributed by atoms with Gasteiger partial charge < -0.3 is 10.6 Å². The highest BCUT2D eigenvalue weighted by atomic mass is 32.2. The van der Waals surface area contributed by atoms with Crippen molar-refractivity contribution in [2.24, 2.45) is 0 Å². The first kappa shape index (κ1) is 10.6. The monoisotopic (exact) mass is 223 g/mol. The first-order valence-electron chi connectivity index (χ1n) is 5.28. The van der Waals surface area contributed by atoms with Gasteiger partial charge in [0.1, 0.15) is 5.82 Å². The summed E-state index contributed by atoms with van der Waals surface area (Å²) in [5.41, 5.74) is 6.77. The Morgan fingerprint density at radius 2 is 2.27 bits per heavy atom. The van der Waals surface area contributed by atoms with E-state index in [9.17, 15) is 0 Å². The Balaban J connectivity index is 2.18. The molecule has 2 rings (SSSR count). The van der Waals surface area contributed by atoms with Gasteiger partial charge in [-0.25, -0.2) is 4.98 Å². The molecular formula is C11H17N3S. The van der Waals surface area contributed by atoms with Gasteiger partial charge in [-0.05, 0) is 19.1 Å². The number of nitrogens with zero attached hydrogens (tertiary/aromatic N) is 2. The molecule has 1 aromatic rings. The van der Waals surface area contributed by atoms with Crippen LogP contribution in [0.2, 0.25) is 0 Å². The molecule has 0 saturated carbocycles. The molecule has 15 heavy (non-hydrogen) atoms. The van der Waals surface area contributed by atoms with Crippen LogP contribution >= 0.6 is 11.8 Å². The number of aromatic nitrogens is 1. The van der Waals surface area contributed by atoms with Crippen molar-refractivity contribution < 1.29 is 0 Å². The Labute approximate surface area is 95.1 Å². The van der Waals surface area contributed by atoms with Crippen LogP contribution in [0, 0.1) is 0 Å². The van der Waals surface area contributed by atoms with Gasteiger partial charge in [0.05, 0.1) is 11.9 Å². The van der Waals surface area contributed by atoms with Gasteiger partial charge in [-0.3, -0.25) is 0 Å². The fourth-order valence-electron chi connectivity index (χ4n) is 1.86. The normalized spacial score (nSPS) is 26.7. The summed E-state index contributed by atoms with van der Waals surface area (Å²) < 4.78 is 0. The molecule has 0 amide bonds. The molecule has 0 spiro atoms. The minimum atomic E-state index is 0.564. The summed E-state index contributed by atoms with van der Waals surface area (Å²) in [6.07, 6.45) is 1.87. The second kappa shape index (κ2) is 4.31. The van der Waals surface area contributed by atoms with Crippen LogP contribution in [0.4, 0.5) is 11.5 Å². The molecule has 1 aliphatic rings. The highest BCUT2D eigenvalue weighted by Gasteiger charge is 2.25. The second-order valence-electron chi connectivity index (χ2n) is 3.95. The van der Waals surface area contributed by atoms with Crippen molar-refractivity contribution >= 4 is 23.3 Å². The molecule has 2 unspecified atom stereocenters. The summed E-state index contributed by atoms with van der Waals surface area (Å²) in [4.78, 5) is 6.55. The van der Waals surface area contributed by atoms with E-state index in [-0.39, 0.29) is 0 Å². The standard InChI is InChI=1S/C11H17N3S/c1-8-9(2)15-6-5-14(8)10-3-4-11(12)13-7-10/h3-4,7-9H,5-6H2,1-2H3,(H2,12,13). The molecule has 0 bridgehead atoms. The number of nitrogens with two attached hydrogens (primary N) is 1. The molecule has 3 nitrogen and oxygen atoms in total. The predicted octanol–water partition coefficient (Wildman–Crippen LogP) is 1.99. The Morgan fingerprint density at radius 1 is 1.47 bits per heavy atom. The number of anilines is 2. The van der Waals surface area contributed by atoms with Gasteiger partial charge in [0, 0.05) is 23.6 Å². The first-order valence-corrected chi connectivity index (χ1v) is 6.33. The van der Waals surface area contributed by atoms with Crippen LogP contribution in [0.25, 0.3) is 0 Å². The summed E-state index contributed by atoms with van der Waals surface area (Å²) in [5.74, 6) is 1.78. The van der Waals surface area contributed by atoms with Crippen LogP contribution in [0.3, 0.4) is 0 Å². The lowest BCUT2D eigenvalue weighted by Gasteiger charge is -2.39. The van der Waals surface area contributed by atoms with Crippen molar-refractivity contribution in [1.82, 2.24) is 4.98 Å². The number of hydrogen-bond donors (Lipinski definition) is 1. The van der Waals surface area contributed by atoms with E-state index >= 15 is 0 Å². The summed E-state index contributed by atoms with van der Waals surface area (Å²) >= 11 is 2.04. The molecule has 2 atom stereocenters. The maximum atomic E-state index is 5.58. The molecule has 0 radical (unpaired) electrons. The average Bonchev–Trinajstić information content (AvgIpc) is 2.24. The Hall–Kier alpha value is -0.900. The third-order valence-electron chi connectivity index (χ3n) is 2.99. The van der Waals surface area contributed by atoms with E-state index in [1.165, 1.54) is 11.4 Å². The molecule has 0 aromatic carbocycles. The van der Waals surface area contributed by atoms with Crippen LogP contribution in [0.15, 0.2) is 18.3 Å². The van der Waals surface area contributed by atoms with E-state index < -0.39 is 0 Å². The minimum Gasteiger partial charge on any atom is -0.384 e. The number of nitrogen functional groups attached to an aromatic ring is 1. The molecule has 1 fully saturated rings. The summed E-state index contributed by atoms with van der Waals surface area (Å²) in [5, 5.41) is 0.677. The summed E-state index contributed by atoms with van der Waals surface area (Å²) in [7, 11) is 0. The van der Waals surface area contributed by atoms with Gasteiger partial charge in [-0.15, -0.1) is 0 Å². The molecule has 1 aliphatic heterocycles. The van der Waals surface area contributed by atoms with E-state index in [0.717, 1.165) is 6.54 Å². The highest BCUT2D eigenvalue weighted by molar-refractivity contribution is 8.00. The van der Waals surface area contributed by atoms with Gasteiger partial charge in [0.25, 0.3) is 0 Å². The molecule has 0 aliphatic carbocycles. The van der Waals surface area contributed by atoms with Gasteiger partial charge in [-0.2, -0.15) is 11.8 Å². The SMILES string of the molecule is CC1SCCN(c2ccc(N)nc2)C1C. The number of hydrogen-bond acceptors (Lipinski definition) is 4. The van der Waals surface area contributed by atoms with E-state index in [1.54, 1.807) is 0 Å². The van der Waals surface area contributed by atoms with Gasteiger partial charge in [-0.1, -0.05) is 6.92 Å². The number of pyridine rings is 1. The van der Waals surface area contributed by atoms with Gasteiger partial charge in [0.2, 0.25) is 0 Å². The van der Waals surface area contributed by atoms with Crippen LogP contribution < -0.4 is 10.6 Å². The maximum absolute atomic E-state index is 5.58. The smallest absolute Gasteiger partial charge is 0.123 e. The molecule has 82 valence electrons. The molecule has 2 N–H and O–H groups in total. The lowest BCUT2D eigenvalue weighted by molar-refractivity contribution is 0.626. The quantitative estimate of drug-likeness (QED) is 0.790. The first-order chi connectivity index (χ1) is 7.18. The fraction of sp³-hybridized carbons (Fsp3) is 0.545. The van der Waals surface area contributed by atoms with Crippen LogP contribution in [0.1, 0.15) is 13.8 Å². The summed E-state index contributed by atoms with van der Waals surface area (Å²) in [6.45, 7) is 5.65. The molecule has 1 aromatic heterocycles. The number of rotatable bonds is 1. The van der Waals surface area contributed by atoms with Crippen LogP contribution in [0.5, 0.6) is 0 Å². The van der Waals surface area contributed by atoms with Crippen molar-refractivity contribution in [3.8, 4) is 0 Å². The highest BCUT2D eigenvalue weighted by Crippen LogP contribution is 2.28. The topological polar surface area (TPSA) is 42.1 Å². The molecule has 2 heterocycles. The van der Waals surface area contributed by atoms with E-state index in [2.05, 4.69) is 29.8 Å². The van der Waals surface area contributed by atoms with Crippen molar-refractivity contribution in [1.29, 1.82) is 0 Å². The Kier molecular flexibility index (Phi) is 3.05. The molecule has 1 saturated heterocycles. The van der Waals surface area contributed by atoms with Crippen molar-refractivity contribution in [2.45, 2.75) is 25.1 Å². The molecule has 4 heteroatoms. The van der Waals surface area contributed by atoms with Gasteiger partial charge in [0.15, 0.2) is 0 Å². The Morgan fingerprint density at radius 3 is 2.93 bits per heavy atom. The fourth-order valence-corrected chi connectivity index (χ4v) is 2.96. The van der Waals surface area contributed by atoms with Crippen molar-refractivity contribution in [3.05, 3.63) is 18.3 Å². The predicted molar refractivity (Wildman–Crippen MR) is 67.4 cm³/mol. The summed E-state index contributed by atoms with van der Waals surface area (Å²) in [6, 6.07) is 4.49. The van der Waals surface area contributed by atoms with Crippen molar-refractivity contribution in [2.75, 3.05) is 22.9 Å². The minimum absolute atomic E-state index is 0.564. The van der Waals surface area contributed by atoms with E-state index in [4.69, 9.17) is 5.73 Å². The largest absolute Gasteiger partial charge is 0.384 e. The van der Waals surface area contributed by atoms with Gasteiger partial charge >= 0.3 is 0 Å². The van der Waals surface area contributed by atoms with Crippen LogP contribution in [-0.2, 0) is 0 Å². The Bertz CT molecular complexity index is 325. The number of thioether (sulfide) groups is 1. The third-order valence-corrected chi connectivity index (χ3v) is 4.32. The maximum Gasteiger partial charge on any atom is 0.123 e. The zero-order chi connectivity index (χ0) is 10.8.